The van der Waals surface area contributed by atoms with Gasteiger partial charge in [0.15, 0.2) is 11.4 Å². The van der Waals surface area contributed by atoms with Gasteiger partial charge in [0.05, 0.1) is 54.1 Å². The van der Waals surface area contributed by atoms with Crippen LogP contribution in [0.5, 0.6) is 0 Å². The summed E-state index contributed by atoms with van der Waals surface area (Å²) in [6, 6.07) is 15.0. The zero-order valence-electron chi connectivity index (χ0n) is 38.6. The van der Waals surface area contributed by atoms with Crippen molar-refractivity contribution in [3.8, 4) is 0 Å². The number of nitrogens with zero attached hydrogens (tertiary/aromatic N) is 5. The van der Waals surface area contributed by atoms with E-state index in [2.05, 4.69) is 46.0 Å². The molecule has 4 N–H and O–H groups in total. The van der Waals surface area contributed by atoms with Crippen LogP contribution in [0.15, 0.2) is 54.7 Å². The number of piperidine rings is 1. The van der Waals surface area contributed by atoms with Gasteiger partial charge in [-0.25, -0.2) is 15.0 Å². The summed E-state index contributed by atoms with van der Waals surface area (Å²) in [6.45, 7) is 12.5. The first-order valence-electron chi connectivity index (χ1n) is 23.0. The number of benzene rings is 2. The van der Waals surface area contributed by atoms with Crippen molar-refractivity contribution in [1.82, 2.24) is 25.2 Å². The summed E-state index contributed by atoms with van der Waals surface area (Å²) in [5, 5.41) is 12.9. The lowest BCUT2D eigenvalue weighted by Gasteiger charge is -2.35. The first-order valence-corrected chi connectivity index (χ1v) is 24.2. The molecule has 0 bridgehead atoms. The zero-order valence-corrected chi connectivity index (χ0v) is 40.2. The van der Waals surface area contributed by atoms with E-state index in [0.29, 0.717) is 79.6 Å². The monoisotopic (exact) mass is 947 g/mol. The Hall–Kier alpha value is -5.04. The highest BCUT2D eigenvalue weighted by Crippen LogP contribution is 2.27. The summed E-state index contributed by atoms with van der Waals surface area (Å²) >= 11 is 7.16. The second-order valence-electron chi connectivity index (χ2n) is 16.2. The van der Waals surface area contributed by atoms with Crippen LogP contribution in [-0.4, -0.2) is 123 Å². The van der Waals surface area contributed by atoms with E-state index in [4.69, 9.17) is 25.8 Å². The molecule has 2 aromatic heterocycles. The van der Waals surface area contributed by atoms with Crippen LogP contribution in [0.1, 0.15) is 96.7 Å². The maximum absolute atomic E-state index is 12.3. The summed E-state index contributed by atoms with van der Waals surface area (Å²) < 4.78 is 17.0. The Morgan fingerprint density at radius 1 is 0.879 bits per heavy atom. The molecule has 18 heteroatoms. The van der Waals surface area contributed by atoms with Gasteiger partial charge < -0.3 is 35.1 Å². The van der Waals surface area contributed by atoms with Gasteiger partial charge in [0, 0.05) is 71.0 Å². The number of carbonyl (C=O) groups is 4. The lowest BCUT2D eigenvalue weighted by Crippen LogP contribution is -2.47. The molecule has 1 unspecified atom stereocenters. The minimum Gasteiger partial charge on any atom is -0.387 e. The summed E-state index contributed by atoms with van der Waals surface area (Å²) in [6.07, 6.45) is 10.8. The third-order valence-electron chi connectivity index (χ3n) is 11.2. The Kier molecular flexibility index (Phi) is 22.7. The molecular weight excluding hydrogens is 882 g/mol. The lowest BCUT2D eigenvalue weighted by atomic mass is 9.90. The Morgan fingerprint density at radius 2 is 1.56 bits per heavy atom. The first-order chi connectivity index (χ1) is 32.1. The van der Waals surface area contributed by atoms with E-state index in [1.54, 1.807) is 18.3 Å². The molecule has 2 aliphatic rings. The molecule has 6 rings (SSSR count). The maximum atomic E-state index is 12.3. The van der Waals surface area contributed by atoms with Crippen molar-refractivity contribution in [2.24, 2.45) is 0 Å². The van der Waals surface area contributed by atoms with Crippen LogP contribution in [0, 0.1) is 13.8 Å². The molecule has 2 fully saturated rings. The maximum Gasteiger partial charge on any atom is 0.234 e. The third kappa shape index (κ3) is 18.3. The third-order valence-corrected chi connectivity index (χ3v) is 12.3. The van der Waals surface area contributed by atoms with Crippen molar-refractivity contribution in [1.29, 1.82) is 0 Å². The smallest absolute Gasteiger partial charge is 0.234 e. The highest BCUT2D eigenvalue weighted by atomic mass is 35.5. The highest BCUT2D eigenvalue weighted by molar-refractivity contribution is 7.17. The van der Waals surface area contributed by atoms with E-state index in [9.17, 15) is 19.2 Å². The number of hydrogen-bond acceptors (Lipinski definition) is 15. The number of aryl methyl sites for hydroxylation is 2. The molecule has 0 spiro atoms. The van der Waals surface area contributed by atoms with Gasteiger partial charge in [0.2, 0.25) is 17.7 Å². The number of piperazine rings is 1. The van der Waals surface area contributed by atoms with Crippen molar-refractivity contribution in [3.63, 3.8) is 0 Å². The van der Waals surface area contributed by atoms with Crippen molar-refractivity contribution < 1.29 is 33.4 Å². The first kappa shape index (κ1) is 51.9. The Bertz CT molecular complexity index is 2100. The number of thiazole rings is 1. The number of anilines is 5. The molecule has 4 heterocycles. The molecule has 2 saturated heterocycles. The molecule has 1 atom stereocenters. The van der Waals surface area contributed by atoms with E-state index in [1.807, 2.05) is 57.3 Å². The summed E-state index contributed by atoms with van der Waals surface area (Å²) in [7, 11) is 1.87. The standard InChI is InChI=1S/C40H56N8O7S.C8H10ClN/c1-30-42-35(45-40-41-28-33(29-49)56-40)27-36(43-30)48-19-17-47(18-20-48)16-6-2-3-7-21-53-23-25-55-26-24-54-22-8-4-5-9-37(50)44-32-12-10-31(11-13-32)34-14-15-38(51)46-39(34)52;1-6-4-3-5-7(9)8(6)10-2/h10-13,27-29,34H,2-9,14-26H2,1H3,(H,44,50)(H,46,51,52)(H,41,42,43,45);3-5,10H,1-2H3. The fourth-order valence-corrected chi connectivity index (χ4v) is 8.52. The SMILES string of the molecule is CNc1c(C)cccc1Cl.Cc1nc(Nc2ncc(C=O)s2)cc(N2CCN(CCCCCCOCCOCCOCCCCCC(=O)Nc3ccc(C4CCC(=O)NC4=O)cc3)CC2)n1. The molecule has 4 aromatic rings. The molecular formula is C48H66ClN9O7S. The van der Waals surface area contributed by atoms with Crippen LogP contribution in [-0.2, 0) is 28.6 Å². The molecule has 0 saturated carbocycles. The number of imide groups is 1. The van der Waals surface area contributed by atoms with Crippen molar-refractivity contribution in [2.45, 2.75) is 84.0 Å². The molecule has 16 nitrogen and oxygen atoms in total. The number of rotatable bonds is 26. The quantitative estimate of drug-likeness (QED) is 0.0270. The van der Waals surface area contributed by atoms with Gasteiger partial charge in [-0.3, -0.25) is 29.4 Å². The van der Waals surface area contributed by atoms with E-state index >= 15 is 0 Å². The van der Waals surface area contributed by atoms with E-state index in [-0.39, 0.29) is 23.6 Å². The fourth-order valence-electron chi connectivity index (χ4n) is 7.57. The van der Waals surface area contributed by atoms with Gasteiger partial charge in [-0.1, -0.05) is 66.5 Å². The number of carbonyl (C=O) groups excluding carboxylic acids is 4. The number of aromatic nitrogens is 3. The van der Waals surface area contributed by atoms with E-state index < -0.39 is 0 Å². The summed E-state index contributed by atoms with van der Waals surface area (Å²) in [4.78, 5) is 65.5. The number of unbranched alkanes of at least 4 members (excludes halogenated alkanes) is 5. The normalized spacial score (nSPS) is 15.2. The van der Waals surface area contributed by atoms with Gasteiger partial charge in [-0.15, -0.1) is 0 Å². The number of halogens is 1. The van der Waals surface area contributed by atoms with Crippen LogP contribution < -0.4 is 26.2 Å². The van der Waals surface area contributed by atoms with Gasteiger partial charge in [0.1, 0.15) is 17.5 Å². The van der Waals surface area contributed by atoms with Gasteiger partial charge >= 0.3 is 0 Å². The van der Waals surface area contributed by atoms with E-state index in [1.165, 1.54) is 29.7 Å². The highest BCUT2D eigenvalue weighted by Gasteiger charge is 2.28. The Morgan fingerprint density at radius 3 is 2.20 bits per heavy atom. The topological polar surface area (TPSA) is 189 Å². The fraction of sp³-hybridized carbons (Fsp3) is 0.521. The van der Waals surface area contributed by atoms with Gasteiger partial charge in [0.25, 0.3) is 0 Å². The zero-order chi connectivity index (χ0) is 46.9. The molecule has 66 heavy (non-hydrogen) atoms. The lowest BCUT2D eigenvalue weighted by molar-refractivity contribution is -0.134. The number of hydrogen-bond donors (Lipinski definition) is 4. The Balaban J connectivity index is 0.000000721. The summed E-state index contributed by atoms with van der Waals surface area (Å²) in [5.74, 6) is 1.42. The van der Waals surface area contributed by atoms with Gasteiger partial charge in [-0.05, 0) is 81.8 Å². The second-order valence-corrected chi connectivity index (χ2v) is 17.7. The molecule has 0 aliphatic carbocycles. The van der Waals surface area contributed by atoms with Gasteiger partial charge in [-0.2, -0.15) is 0 Å². The van der Waals surface area contributed by atoms with Crippen molar-refractivity contribution in [2.75, 3.05) is 100 Å². The minimum atomic E-state index is -0.330. The Labute approximate surface area is 397 Å². The number of amides is 3. The second kappa shape index (κ2) is 28.9. The van der Waals surface area contributed by atoms with Crippen LogP contribution in [0.2, 0.25) is 5.02 Å². The molecule has 2 aliphatic heterocycles. The average molecular weight is 949 g/mol. The average Bonchev–Trinajstić information content (AvgIpc) is 3.76. The van der Waals surface area contributed by atoms with Crippen LogP contribution >= 0.6 is 22.9 Å². The van der Waals surface area contributed by atoms with Crippen LogP contribution in [0.4, 0.5) is 28.1 Å². The van der Waals surface area contributed by atoms with Crippen LogP contribution in [0.25, 0.3) is 0 Å². The molecule has 0 radical (unpaired) electrons. The minimum absolute atomic E-state index is 0.0396. The number of para-hydroxylation sites is 1. The predicted molar refractivity (Wildman–Crippen MR) is 262 cm³/mol. The molecule has 358 valence electrons. The van der Waals surface area contributed by atoms with Crippen molar-refractivity contribution in [3.05, 3.63) is 81.6 Å². The van der Waals surface area contributed by atoms with Crippen molar-refractivity contribution >= 4 is 75.1 Å². The van der Waals surface area contributed by atoms with Crippen LogP contribution in [0.3, 0.4) is 0 Å². The number of aldehydes is 1. The number of nitrogens with one attached hydrogen (secondary N) is 4. The van der Waals surface area contributed by atoms with E-state index in [0.717, 1.165) is 99.8 Å². The molecule has 3 amide bonds. The predicted octanol–water partition coefficient (Wildman–Crippen LogP) is 7.94. The number of ether oxygens (including phenoxy) is 3. The largest absolute Gasteiger partial charge is 0.387 e. The summed E-state index contributed by atoms with van der Waals surface area (Å²) in [5.41, 5.74) is 3.73. The molecule has 2 aromatic carbocycles.